The number of carbonyl (C=O) groups is 2. The number of benzene rings is 1. The van der Waals surface area contributed by atoms with Crippen LogP contribution in [0.4, 0.5) is 4.39 Å². The van der Waals surface area contributed by atoms with E-state index in [1.54, 1.807) is 12.1 Å². The van der Waals surface area contributed by atoms with Gasteiger partial charge in [-0.15, -0.1) is 0 Å². The minimum Gasteiger partial charge on any atom is -0.468 e. The lowest BCUT2D eigenvalue weighted by molar-refractivity contribution is -0.143. The Morgan fingerprint density at radius 3 is 2.65 bits per heavy atom. The number of nitrogens with two attached hydrogens (primary N) is 1. The molecular weight excluding hydrogens is 225 g/mol. The first-order chi connectivity index (χ1) is 8.04. The standard InChI is InChI=1S/C12H14FNO3/c1-17-12(16)11(14)7-9(15)6-8-4-2-3-5-10(8)13/h2-5,11H,6-7,14H2,1H3. The molecule has 0 aliphatic heterocycles. The quantitative estimate of drug-likeness (QED) is 0.772. The van der Waals surface area contributed by atoms with Crippen molar-refractivity contribution in [3.8, 4) is 0 Å². The zero-order valence-corrected chi connectivity index (χ0v) is 9.48. The average molecular weight is 239 g/mol. The van der Waals surface area contributed by atoms with Gasteiger partial charge < -0.3 is 10.5 Å². The minimum absolute atomic E-state index is 0.0721. The van der Waals surface area contributed by atoms with E-state index >= 15 is 0 Å². The summed E-state index contributed by atoms with van der Waals surface area (Å²) in [6.45, 7) is 0. The molecule has 0 aliphatic carbocycles. The van der Waals surface area contributed by atoms with Gasteiger partial charge in [0.25, 0.3) is 0 Å². The highest BCUT2D eigenvalue weighted by Crippen LogP contribution is 2.09. The largest absolute Gasteiger partial charge is 0.468 e. The van der Waals surface area contributed by atoms with Gasteiger partial charge in [0.05, 0.1) is 7.11 Å². The molecule has 0 aromatic heterocycles. The van der Waals surface area contributed by atoms with Gasteiger partial charge >= 0.3 is 5.97 Å². The Kier molecular flexibility index (Phi) is 4.78. The molecule has 92 valence electrons. The van der Waals surface area contributed by atoms with Gasteiger partial charge in [0.15, 0.2) is 0 Å². The smallest absolute Gasteiger partial charge is 0.323 e. The van der Waals surface area contributed by atoms with Crippen LogP contribution in [-0.2, 0) is 20.7 Å². The Morgan fingerprint density at radius 1 is 1.41 bits per heavy atom. The highest BCUT2D eigenvalue weighted by Gasteiger charge is 2.18. The number of carbonyl (C=O) groups excluding carboxylic acids is 2. The average Bonchev–Trinajstić information content (AvgIpc) is 2.31. The fourth-order valence-electron chi connectivity index (χ4n) is 1.41. The van der Waals surface area contributed by atoms with E-state index < -0.39 is 17.8 Å². The minimum atomic E-state index is -0.987. The van der Waals surface area contributed by atoms with Crippen LogP contribution in [0, 0.1) is 5.82 Å². The third-order valence-corrected chi connectivity index (χ3v) is 2.30. The number of Topliss-reactive ketones (excluding diaryl/α,β-unsaturated/α-hetero) is 1. The number of ketones is 1. The Labute approximate surface area is 98.6 Å². The predicted octanol–water partition coefficient (Wildman–Crippen LogP) is 0.828. The number of hydrogen-bond acceptors (Lipinski definition) is 4. The molecule has 17 heavy (non-hydrogen) atoms. The molecule has 1 atom stereocenters. The van der Waals surface area contributed by atoms with E-state index in [2.05, 4.69) is 4.74 Å². The van der Waals surface area contributed by atoms with Crippen molar-refractivity contribution in [3.05, 3.63) is 35.6 Å². The van der Waals surface area contributed by atoms with E-state index in [1.807, 2.05) is 0 Å². The highest BCUT2D eigenvalue weighted by atomic mass is 19.1. The molecule has 1 unspecified atom stereocenters. The summed E-state index contributed by atoms with van der Waals surface area (Å²) in [5, 5.41) is 0. The fourth-order valence-corrected chi connectivity index (χ4v) is 1.41. The summed E-state index contributed by atoms with van der Waals surface area (Å²) in [6, 6.07) is 5.01. The van der Waals surface area contributed by atoms with Crippen LogP contribution in [0.25, 0.3) is 0 Å². The Morgan fingerprint density at radius 2 is 2.06 bits per heavy atom. The molecule has 0 amide bonds. The van der Waals surface area contributed by atoms with E-state index in [0.29, 0.717) is 5.56 Å². The maximum absolute atomic E-state index is 13.2. The molecule has 1 aromatic carbocycles. The van der Waals surface area contributed by atoms with Crippen molar-refractivity contribution in [2.45, 2.75) is 18.9 Å². The molecule has 0 bridgehead atoms. The van der Waals surface area contributed by atoms with Crippen molar-refractivity contribution < 1.29 is 18.7 Å². The summed E-state index contributed by atoms with van der Waals surface area (Å²) in [6.07, 6.45) is -0.224. The molecule has 4 nitrogen and oxygen atoms in total. The first kappa shape index (κ1) is 13.3. The molecule has 0 aliphatic rings. The van der Waals surface area contributed by atoms with Gasteiger partial charge in [-0.3, -0.25) is 9.59 Å². The van der Waals surface area contributed by atoms with E-state index in [-0.39, 0.29) is 18.6 Å². The number of hydrogen-bond donors (Lipinski definition) is 1. The van der Waals surface area contributed by atoms with E-state index in [4.69, 9.17) is 5.73 Å². The maximum Gasteiger partial charge on any atom is 0.323 e. The summed E-state index contributed by atoms with van der Waals surface area (Å²) < 4.78 is 17.6. The molecule has 1 rings (SSSR count). The summed E-state index contributed by atoms with van der Waals surface area (Å²) in [5.41, 5.74) is 5.73. The summed E-state index contributed by atoms with van der Waals surface area (Å²) >= 11 is 0. The number of ether oxygens (including phenoxy) is 1. The van der Waals surface area contributed by atoms with Gasteiger partial charge in [0.1, 0.15) is 17.6 Å². The highest BCUT2D eigenvalue weighted by molar-refractivity contribution is 5.87. The second-order valence-corrected chi connectivity index (χ2v) is 3.64. The van der Waals surface area contributed by atoms with E-state index in [1.165, 1.54) is 19.2 Å². The third-order valence-electron chi connectivity index (χ3n) is 2.30. The van der Waals surface area contributed by atoms with Crippen molar-refractivity contribution in [2.75, 3.05) is 7.11 Å². The molecule has 2 N–H and O–H groups in total. The first-order valence-corrected chi connectivity index (χ1v) is 5.13. The number of esters is 1. The molecule has 1 aromatic rings. The predicted molar refractivity (Wildman–Crippen MR) is 59.7 cm³/mol. The van der Waals surface area contributed by atoms with E-state index in [0.717, 1.165) is 0 Å². The maximum atomic E-state index is 13.2. The van der Waals surface area contributed by atoms with Crippen LogP contribution in [0.3, 0.4) is 0 Å². The molecule has 0 fully saturated rings. The monoisotopic (exact) mass is 239 g/mol. The SMILES string of the molecule is COC(=O)C(N)CC(=O)Cc1ccccc1F. The van der Waals surface area contributed by atoms with Gasteiger partial charge in [-0.1, -0.05) is 18.2 Å². The Balaban J connectivity index is 2.56. The lowest BCUT2D eigenvalue weighted by Crippen LogP contribution is -2.34. The van der Waals surface area contributed by atoms with Crippen molar-refractivity contribution >= 4 is 11.8 Å². The lowest BCUT2D eigenvalue weighted by Gasteiger charge is -2.08. The molecule has 0 radical (unpaired) electrons. The summed E-state index contributed by atoms with van der Waals surface area (Å²) in [7, 11) is 1.20. The summed E-state index contributed by atoms with van der Waals surface area (Å²) in [4.78, 5) is 22.5. The topological polar surface area (TPSA) is 69.4 Å². The summed E-state index contributed by atoms with van der Waals surface area (Å²) in [5.74, 6) is -1.38. The zero-order chi connectivity index (χ0) is 12.8. The van der Waals surface area contributed by atoms with Crippen LogP contribution < -0.4 is 5.73 Å². The van der Waals surface area contributed by atoms with Crippen LogP contribution in [0.1, 0.15) is 12.0 Å². The second-order valence-electron chi connectivity index (χ2n) is 3.64. The molecule has 5 heteroatoms. The Hall–Kier alpha value is -1.75. The lowest BCUT2D eigenvalue weighted by atomic mass is 10.0. The van der Waals surface area contributed by atoms with E-state index in [9.17, 15) is 14.0 Å². The van der Waals surface area contributed by atoms with Crippen LogP contribution in [0.2, 0.25) is 0 Å². The van der Waals surface area contributed by atoms with Crippen LogP contribution in [-0.4, -0.2) is 24.9 Å². The zero-order valence-electron chi connectivity index (χ0n) is 9.48. The van der Waals surface area contributed by atoms with Crippen LogP contribution >= 0.6 is 0 Å². The third kappa shape index (κ3) is 3.96. The second kappa shape index (κ2) is 6.10. The normalized spacial score (nSPS) is 11.9. The molecule has 0 saturated carbocycles. The van der Waals surface area contributed by atoms with Crippen molar-refractivity contribution in [1.82, 2.24) is 0 Å². The van der Waals surface area contributed by atoms with Crippen LogP contribution in [0.5, 0.6) is 0 Å². The first-order valence-electron chi connectivity index (χ1n) is 5.13. The van der Waals surface area contributed by atoms with Crippen molar-refractivity contribution in [1.29, 1.82) is 0 Å². The van der Waals surface area contributed by atoms with Gasteiger partial charge in [0, 0.05) is 12.8 Å². The number of halogens is 1. The molecule has 0 spiro atoms. The number of methoxy groups -OCH3 is 1. The van der Waals surface area contributed by atoms with Crippen molar-refractivity contribution in [2.24, 2.45) is 5.73 Å². The van der Waals surface area contributed by atoms with Gasteiger partial charge in [-0.2, -0.15) is 0 Å². The molecule has 0 saturated heterocycles. The van der Waals surface area contributed by atoms with Crippen LogP contribution in [0.15, 0.2) is 24.3 Å². The Bertz CT molecular complexity index is 420. The molecule has 0 heterocycles. The molecular formula is C12H14FNO3. The van der Waals surface area contributed by atoms with Gasteiger partial charge in [-0.25, -0.2) is 4.39 Å². The van der Waals surface area contributed by atoms with Crippen molar-refractivity contribution in [3.63, 3.8) is 0 Å². The number of rotatable bonds is 5. The fraction of sp³-hybridized carbons (Fsp3) is 0.333. The van der Waals surface area contributed by atoms with Gasteiger partial charge in [-0.05, 0) is 11.6 Å². The van der Waals surface area contributed by atoms with Gasteiger partial charge in [0.2, 0.25) is 0 Å².